The molecule has 0 heterocycles. The molecule has 0 spiro atoms. The molecule has 3 nitrogen and oxygen atoms in total. The number of nitrogens with one attached hydrogen (secondary N) is 2. The van der Waals surface area contributed by atoms with Crippen molar-refractivity contribution in [1.82, 2.24) is 10.6 Å². The highest BCUT2D eigenvalue weighted by Crippen LogP contribution is 2.30. The summed E-state index contributed by atoms with van der Waals surface area (Å²) in [6, 6.07) is 0.365. The molecule has 0 bridgehead atoms. The third-order valence-corrected chi connectivity index (χ3v) is 3.52. The van der Waals surface area contributed by atoms with Crippen LogP contribution >= 0.6 is 0 Å². The number of amides is 1. The highest BCUT2D eigenvalue weighted by molar-refractivity contribution is 5.81. The van der Waals surface area contributed by atoms with Crippen molar-refractivity contribution in [1.29, 1.82) is 0 Å². The maximum Gasteiger partial charge on any atom is 0.236 e. The first-order chi connectivity index (χ1) is 7.99. The van der Waals surface area contributed by atoms with E-state index in [1.54, 1.807) is 0 Å². The van der Waals surface area contributed by atoms with E-state index in [1.165, 1.54) is 25.7 Å². The molecule has 0 radical (unpaired) electrons. The lowest BCUT2D eigenvalue weighted by Gasteiger charge is -2.29. The van der Waals surface area contributed by atoms with Crippen LogP contribution < -0.4 is 10.6 Å². The molecule has 1 aliphatic carbocycles. The van der Waals surface area contributed by atoms with Crippen LogP contribution in [0.1, 0.15) is 53.4 Å². The Morgan fingerprint density at radius 3 is 2.35 bits per heavy atom. The summed E-state index contributed by atoms with van der Waals surface area (Å²) >= 11 is 0. The quantitative estimate of drug-likeness (QED) is 0.717. The zero-order chi connectivity index (χ0) is 12.8. The van der Waals surface area contributed by atoms with Gasteiger partial charge in [0.2, 0.25) is 5.91 Å². The first-order valence-corrected chi connectivity index (χ1v) is 7.02. The largest absolute Gasteiger partial charge is 0.354 e. The summed E-state index contributed by atoms with van der Waals surface area (Å²) in [7, 11) is 0. The molecule has 0 aromatic carbocycles. The van der Waals surface area contributed by atoms with Crippen LogP contribution in [-0.4, -0.2) is 24.5 Å². The Kier molecular flexibility index (Phi) is 5.96. The number of hydrogen-bond donors (Lipinski definition) is 2. The van der Waals surface area contributed by atoms with Crippen LogP contribution in [0.2, 0.25) is 0 Å². The van der Waals surface area contributed by atoms with Crippen LogP contribution in [0, 0.1) is 11.8 Å². The lowest BCUT2D eigenvalue weighted by Crippen LogP contribution is -2.47. The fourth-order valence-electron chi connectivity index (χ4n) is 2.26. The Hall–Kier alpha value is -0.570. The van der Waals surface area contributed by atoms with Gasteiger partial charge < -0.3 is 10.6 Å². The topological polar surface area (TPSA) is 41.1 Å². The average Bonchev–Trinajstić information content (AvgIpc) is 2.19. The maximum atomic E-state index is 11.8. The summed E-state index contributed by atoms with van der Waals surface area (Å²) in [6.07, 6.45) is 5.35. The number of carbonyl (C=O) groups excluding carboxylic acids is 1. The van der Waals surface area contributed by atoms with Crippen LogP contribution in [0.15, 0.2) is 0 Å². The van der Waals surface area contributed by atoms with E-state index in [4.69, 9.17) is 0 Å². The average molecular weight is 240 g/mol. The van der Waals surface area contributed by atoms with Gasteiger partial charge >= 0.3 is 0 Å². The Labute approximate surface area is 106 Å². The maximum absolute atomic E-state index is 11.8. The summed E-state index contributed by atoms with van der Waals surface area (Å²) in [5, 5.41) is 6.36. The third-order valence-electron chi connectivity index (χ3n) is 3.52. The van der Waals surface area contributed by atoms with E-state index in [1.807, 2.05) is 6.92 Å². The lowest BCUT2D eigenvalue weighted by molar-refractivity contribution is -0.123. The molecule has 0 saturated heterocycles. The van der Waals surface area contributed by atoms with Gasteiger partial charge in [-0.1, -0.05) is 33.1 Å². The number of rotatable bonds is 7. The van der Waals surface area contributed by atoms with Gasteiger partial charge in [0.05, 0.1) is 6.04 Å². The van der Waals surface area contributed by atoms with Gasteiger partial charge in [0.25, 0.3) is 0 Å². The first kappa shape index (κ1) is 14.5. The van der Waals surface area contributed by atoms with Gasteiger partial charge in [0.1, 0.15) is 0 Å². The standard InChI is InChI=1S/C14H28N2O/c1-10(2)9-15-14(17)12(4)16-11(3)8-13-6-5-7-13/h10-13,16H,5-9H2,1-4H3,(H,15,17). The van der Waals surface area contributed by atoms with Gasteiger partial charge in [-0.25, -0.2) is 0 Å². The van der Waals surface area contributed by atoms with E-state index in [0.29, 0.717) is 12.0 Å². The van der Waals surface area contributed by atoms with Gasteiger partial charge in [-0.3, -0.25) is 4.79 Å². The Morgan fingerprint density at radius 2 is 1.88 bits per heavy atom. The Morgan fingerprint density at radius 1 is 1.24 bits per heavy atom. The summed E-state index contributed by atoms with van der Waals surface area (Å²) in [5.74, 6) is 1.53. The molecule has 1 rings (SSSR count). The molecule has 2 N–H and O–H groups in total. The van der Waals surface area contributed by atoms with Crippen LogP contribution in [0.4, 0.5) is 0 Å². The molecular weight excluding hydrogens is 212 g/mol. The molecule has 100 valence electrons. The van der Waals surface area contributed by atoms with Crippen molar-refractivity contribution >= 4 is 5.91 Å². The molecule has 3 heteroatoms. The second kappa shape index (κ2) is 7.00. The van der Waals surface area contributed by atoms with Crippen LogP contribution in [0.3, 0.4) is 0 Å². The summed E-state index contributed by atoms with van der Waals surface area (Å²) in [6.45, 7) is 9.12. The van der Waals surface area contributed by atoms with Crippen LogP contribution in [0.5, 0.6) is 0 Å². The molecule has 1 amide bonds. The van der Waals surface area contributed by atoms with Crippen molar-refractivity contribution in [3.05, 3.63) is 0 Å². The second-order valence-corrected chi connectivity index (χ2v) is 5.96. The van der Waals surface area contributed by atoms with E-state index in [9.17, 15) is 4.79 Å². The minimum Gasteiger partial charge on any atom is -0.354 e. The van der Waals surface area contributed by atoms with Crippen molar-refractivity contribution in [3.63, 3.8) is 0 Å². The van der Waals surface area contributed by atoms with Crippen molar-refractivity contribution in [2.24, 2.45) is 11.8 Å². The van der Waals surface area contributed by atoms with Crippen molar-refractivity contribution < 1.29 is 4.79 Å². The fraction of sp³-hybridized carbons (Fsp3) is 0.929. The van der Waals surface area contributed by atoms with Gasteiger partial charge in [0.15, 0.2) is 0 Å². The van der Waals surface area contributed by atoms with Gasteiger partial charge in [0, 0.05) is 12.6 Å². The Bertz CT molecular complexity index is 236. The molecular formula is C14H28N2O. The highest BCUT2D eigenvalue weighted by Gasteiger charge is 2.22. The normalized spacial score (nSPS) is 19.8. The van der Waals surface area contributed by atoms with Crippen molar-refractivity contribution in [2.75, 3.05) is 6.54 Å². The molecule has 0 aromatic heterocycles. The predicted octanol–water partition coefficient (Wildman–Crippen LogP) is 2.32. The van der Waals surface area contributed by atoms with Gasteiger partial charge in [-0.2, -0.15) is 0 Å². The first-order valence-electron chi connectivity index (χ1n) is 7.02. The summed E-state index contributed by atoms with van der Waals surface area (Å²) in [5.41, 5.74) is 0. The smallest absolute Gasteiger partial charge is 0.236 e. The number of hydrogen-bond acceptors (Lipinski definition) is 2. The fourth-order valence-corrected chi connectivity index (χ4v) is 2.26. The van der Waals surface area contributed by atoms with Crippen LogP contribution in [-0.2, 0) is 4.79 Å². The highest BCUT2D eigenvalue weighted by atomic mass is 16.2. The monoisotopic (exact) mass is 240 g/mol. The van der Waals surface area contributed by atoms with E-state index < -0.39 is 0 Å². The molecule has 2 atom stereocenters. The zero-order valence-corrected chi connectivity index (χ0v) is 11.8. The molecule has 1 saturated carbocycles. The molecule has 0 aliphatic heterocycles. The predicted molar refractivity (Wildman–Crippen MR) is 71.9 cm³/mol. The van der Waals surface area contributed by atoms with Crippen molar-refractivity contribution in [3.8, 4) is 0 Å². The molecule has 0 aromatic rings. The summed E-state index contributed by atoms with van der Waals surface area (Å²) in [4.78, 5) is 11.8. The van der Waals surface area contributed by atoms with E-state index >= 15 is 0 Å². The minimum absolute atomic E-state index is 0.0798. The molecule has 1 fully saturated rings. The van der Waals surface area contributed by atoms with Crippen molar-refractivity contribution in [2.45, 2.75) is 65.5 Å². The number of carbonyl (C=O) groups is 1. The molecule has 1 aliphatic rings. The van der Waals surface area contributed by atoms with E-state index in [2.05, 4.69) is 31.4 Å². The van der Waals surface area contributed by atoms with Crippen LogP contribution in [0.25, 0.3) is 0 Å². The zero-order valence-electron chi connectivity index (χ0n) is 11.8. The molecule has 17 heavy (non-hydrogen) atoms. The van der Waals surface area contributed by atoms with Gasteiger partial charge in [-0.05, 0) is 32.1 Å². The summed E-state index contributed by atoms with van der Waals surface area (Å²) < 4.78 is 0. The second-order valence-electron chi connectivity index (χ2n) is 5.96. The SMILES string of the molecule is CC(C)CNC(=O)C(C)NC(C)CC1CCC1. The third kappa shape index (κ3) is 5.53. The Balaban J connectivity index is 2.17. The lowest BCUT2D eigenvalue weighted by atomic mass is 9.81. The van der Waals surface area contributed by atoms with E-state index in [-0.39, 0.29) is 11.9 Å². The van der Waals surface area contributed by atoms with Gasteiger partial charge in [-0.15, -0.1) is 0 Å². The molecule has 2 unspecified atom stereocenters. The minimum atomic E-state index is -0.0798. The van der Waals surface area contributed by atoms with E-state index in [0.717, 1.165) is 12.5 Å².